The molecule has 0 amide bonds. The zero-order valence-corrected chi connectivity index (χ0v) is 9.89. The molecule has 0 radical (unpaired) electrons. The van der Waals surface area contributed by atoms with Gasteiger partial charge in [0.2, 0.25) is 0 Å². The topological polar surface area (TPSA) is 95.5 Å². The Labute approximate surface area is 98.5 Å². The molecule has 2 N–H and O–H groups in total. The number of carbonyl (C=O) groups is 1. The zero-order chi connectivity index (χ0) is 13.2. The SMILES string of the molecule is CC(C)(C)OC(=O)c1cc(N)ccc1[N+](=O)[O-]. The van der Waals surface area contributed by atoms with E-state index < -0.39 is 16.5 Å². The lowest BCUT2D eigenvalue weighted by Crippen LogP contribution is -2.24. The summed E-state index contributed by atoms with van der Waals surface area (Å²) in [5, 5.41) is 10.8. The van der Waals surface area contributed by atoms with Crippen LogP contribution in [-0.4, -0.2) is 16.5 Å². The predicted molar refractivity (Wildman–Crippen MR) is 62.7 cm³/mol. The Morgan fingerprint density at radius 2 is 2.00 bits per heavy atom. The maximum Gasteiger partial charge on any atom is 0.345 e. The molecule has 0 saturated heterocycles. The van der Waals surface area contributed by atoms with Gasteiger partial charge in [0.25, 0.3) is 5.69 Å². The van der Waals surface area contributed by atoms with Gasteiger partial charge >= 0.3 is 5.97 Å². The molecule has 0 aromatic heterocycles. The van der Waals surface area contributed by atoms with Gasteiger partial charge in [-0.1, -0.05) is 0 Å². The van der Waals surface area contributed by atoms with Crippen LogP contribution in [0.5, 0.6) is 0 Å². The van der Waals surface area contributed by atoms with Crippen molar-refractivity contribution in [3.8, 4) is 0 Å². The van der Waals surface area contributed by atoms with Crippen LogP contribution in [0.3, 0.4) is 0 Å². The molecule has 6 heteroatoms. The molecule has 0 aliphatic rings. The molecule has 0 unspecified atom stereocenters. The first-order valence-corrected chi connectivity index (χ1v) is 4.98. The van der Waals surface area contributed by atoms with Crippen LogP contribution in [0.1, 0.15) is 31.1 Å². The van der Waals surface area contributed by atoms with Crippen molar-refractivity contribution in [2.45, 2.75) is 26.4 Å². The van der Waals surface area contributed by atoms with Crippen molar-refractivity contribution in [3.05, 3.63) is 33.9 Å². The first kappa shape index (κ1) is 13.0. The van der Waals surface area contributed by atoms with Gasteiger partial charge in [-0.15, -0.1) is 0 Å². The van der Waals surface area contributed by atoms with Gasteiger partial charge in [-0.2, -0.15) is 0 Å². The number of rotatable bonds is 2. The lowest BCUT2D eigenvalue weighted by atomic mass is 10.1. The molecule has 17 heavy (non-hydrogen) atoms. The molecule has 0 fully saturated rings. The quantitative estimate of drug-likeness (QED) is 0.368. The zero-order valence-electron chi connectivity index (χ0n) is 9.89. The highest BCUT2D eigenvalue weighted by molar-refractivity contribution is 5.95. The molecule has 6 nitrogen and oxygen atoms in total. The van der Waals surface area contributed by atoms with Crippen molar-refractivity contribution >= 4 is 17.3 Å². The Balaban J connectivity index is 3.16. The lowest BCUT2D eigenvalue weighted by molar-refractivity contribution is -0.385. The van der Waals surface area contributed by atoms with Crippen molar-refractivity contribution in [2.24, 2.45) is 0 Å². The Kier molecular flexibility index (Phi) is 3.36. The Morgan fingerprint density at radius 1 is 1.41 bits per heavy atom. The van der Waals surface area contributed by atoms with Gasteiger partial charge in [-0.05, 0) is 32.9 Å². The van der Waals surface area contributed by atoms with Crippen molar-refractivity contribution < 1.29 is 14.5 Å². The molecule has 1 aromatic rings. The summed E-state index contributed by atoms with van der Waals surface area (Å²) >= 11 is 0. The fraction of sp³-hybridized carbons (Fsp3) is 0.364. The average molecular weight is 238 g/mol. The summed E-state index contributed by atoms with van der Waals surface area (Å²) in [6.07, 6.45) is 0. The highest BCUT2D eigenvalue weighted by atomic mass is 16.6. The first-order chi connectivity index (χ1) is 7.70. The Morgan fingerprint density at radius 3 is 2.47 bits per heavy atom. The second-order valence-electron chi connectivity index (χ2n) is 4.54. The number of hydrogen-bond acceptors (Lipinski definition) is 5. The number of hydrogen-bond donors (Lipinski definition) is 1. The van der Waals surface area contributed by atoms with Crippen molar-refractivity contribution in [1.29, 1.82) is 0 Å². The van der Waals surface area contributed by atoms with Gasteiger partial charge in [0.15, 0.2) is 0 Å². The first-order valence-electron chi connectivity index (χ1n) is 4.98. The summed E-state index contributed by atoms with van der Waals surface area (Å²) in [6.45, 7) is 5.05. The normalized spacial score (nSPS) is 11.0. The van der Waals surface area contributed by atoms with Crippen LogP contribution in [0.15, 0.2) is 18.2 Å². The number of nitro benzene ring substituents is 1. The van der Waals surface area contributed by atoms with Crippen LogP contribution in [0.25, 0.3) is 0 Å². The third kappa shape index (κ3) is 3.44. The summed E-state index contributed by atoms with van der Waals surface area (Å²) in [6, 6.07) is 3.80. The van der Waals surface area contributed by atoms with E-state index in [1.165, 1.54) is 18.2 Å². The molecule has 0 spiro atoms. The molecule has 0 saturated carbocycles. The largest absolute Gasteiger partial charge is 0.456 e. The molecular formula is C11H14N2O4. The number of nitrogens with zero attached hydrogens (tertiary/aromatic N) is 1. The van der Waals surface area contributed by atoms with Gasteiger partial charge < -0.3 is 10.5 Å². The van der Waals surface area contributed by atoms with Gasteiger partial charge in [-0.3, -0.25) is 10.1 Å². The number of nitro groups is 1. The van der Waals surface area contributed by atoms with E-state index in [4.69, 9.17) is 10.5 Å². The molecule has 0 aliphatic carbocycles. The number of anilines is 1. The van der Waals surface area contributed by atoms with Crippen LogP contribution >= 0.6 is 0 Å². The van der Waals surface area contributed by atoms with E-state index in [2.05, 4.69) is 0 Å². The number of carbonyl (C=O) groups excluding carboxylic acids is 1. The van der Waals surface area contributed by atoms with Gasteiger partial charge in [0.05, 0.1) is 4.92 Å². The number of esters is 1. The van der Waals surface area contributed by atoms with Crippen molar-refractivity contribution in [2.75, 3.05) is 5.73 Å². The van der Waals surface area contributed by atoms with E-state index in [-0.39, 0.29) is 16.9 Å². The number of nitrogen functional groups attached to an aromatic ring is 1. The lowest BCUT2D eigenvalue weighted by Gasteiger charge is -2.19. The molecule has 0 aliphatic heterocycles. The standard InChI is InChI=1S/C11H14N2O4/c1-11(2,3)17-10(14)8-6-7(12)4-5-9(8)13(15)16/h4-6H,12H2,1-3H3. The maximum atomic E-state index is 11.8. The van der Waals surface area contributed by atoms with Gasteiger partial charge in [0, 0.05) is 11.8 Å². The minimum atomic E-state index is -0.753. The van der Waals surface area contributed by atoms with E-state index in [1.807, 2.05) is 0 Å². The third-order valence-corrected chi connectivity index (χ3v) is 1.84. The fourth-order valence-electron chi connectivity index (χ4n) is 1.21. The van der Waals surface area contributed by atoms with Crippen LogP contribution in [0.4, 0.5) is 11.4 Å². The summed E-state index contributed by atoms with van der Waals surface area (Å²) in [7, 11) is 0. The van der Waals surface area contributed by atoms with Crippen LogP contribution in [-0.2, 0) is 4.74 Å². The minimum absolute atomic E-state index is 0.134. The summed E-state index contributed by atoms with van der Waals surface area (Å²) in [4.78, 5) is 21.9. The predicted octanol–water partition coefficient (Wildman–Crippen LogP) is 2.13. The highest BCUT2D eigenvalue weighted by Crippen LogP contribution is 2.23. The summed E-state index contributed by atoms with van der Waals surface area (Å²) in [5.74, 6) is -0.753. The minimum Gasteiger partial charge on any atom is -0.456 e. The molecule has 92 valence electrons. The molecule has 0 bridgehead atoms. The van der Waals surface area contributed by atoms with Crippen molar-refractivity contribution in [3.63, 3.8) is 0 Å². The molecule has 0 heterocycles. The summed E-state index contributed by atoms with van der Waals surface area (Å²) < 4.78 is 5.07. The average Bonchev–Trinajstić information content (AvgIpc) is 2.14. The summed E-state index contributed by atoms with van der Waals surface area (Å²) in [5.41, 5.74) is 4.61. The van der Waals surface area contributed by atoms with Gasteiger partial charge in [-0.25, -0.2) is 4.79 Å². The molecular weight excluding hydrogens is 224 g/mol. The van der Waals surface area contributed by atoms with E-state index in [9.17, 15) is 14.9 Å². The van der Waals surface area contributed by atoms with Crippen LogP contribution in [0.2, 0.25) is 0 Å². The van der Waals surface area contributed by atoms with Crippen molar-refractivity contribution in [1.82, 2.24) is 0 Å². The van der Waals surface area contributed by atoms with Crippen LogP contribution < -0.4 is 5.73 Å². The fourth-order valence-corrected chi connectivity index (χ4v) is 1.21. The van der Waals surface area contributed by atoms with E-state index in [0.29, 0.717) is 0 Å². The smallest absolute Gasteiger partial charge is 0.345 e. The Hall–Kier alpha value is -2.11. The number of ether oxygens (including phenoxy) is 1. The molecule has 1 aromatic carbocycles. The maximum absolute atomic E-state index is 11.8. The molecule has 0 atom stereocenters. The second-order valence-corrected chi connectivity index (χ2v) is 4.54. The van der Waals surface area contributed by atoms with E-state index in [0.717, 1.165) is 0 Å². The Bertz CT molecular complexity index is 463. The van der Waals surface area contributed by atoms with E-state index >= 15 is 0 Å². The number of benzene rings is 1. The molecule has 1 rings (SSSR count). The van der Waals surface area contributed by atoms with Crippen LogP contribution in [0, 0.1) is 10.1 Å². The monoisotopic (exact) mass is 238 g/mol. The third-order valence-electron chi connectivity index (χ3n) is 1.84. The second kappa shape index (κ2) is 4.40. The highest BCUT2D eigenvalue weighted by Gasteiger charge is 2.25. The van der Waals surface area contributed by atoms with Gasteiger partial charge in [0.1, 0.15) is 11.2 Å². The van der Waals surface area contributed by atoms with E-state index in [1.54, 1.807) is 20.8 Å². The number of nitrogens with two attached hydrogens (primary N) is 1.